The van der Waals surface area contributed by atoms with E-state index in [4.69, 9.17) is 4.84 Å². The van der Waals surface area contributed by atoms with Crippen LogP contribution in [0.15, 0.2) is 52.4 Å². The van der Waals surface area contributed by atoms with Crippen molar-refractivity contribution in [3.63, 3.8) is 0 Å². The van der Waals surface area contributed by atoms with Crippen LogP contribution in [0.5, 0.6) is 0 Å². The largest absolute Gasteiger partial charge is 0.543 e. The quantitative estimate of drug-likeness (QED) is 0.0694. The van der Waals surface area contributed by atoms with E-state index in [1.165, 1.54) is 28.9 Å². The lowest BCUT2D eigenvalue weighted by Gasteiger charge is -2.50. The molecule has 3 amide bonds. The van der Waals surface area contributed by atoms with Gasteiger partial charge < -0.3 is 25.4 Å². The number of aliphatic carboxylic acids is 1. The number of nitrogens with one attached hydrogen (secondary N) is 2. The zero-order valence-electron chi connectivity index (χ0n) is 18.8. The molecule has 2 aliphatic heterocycles. The Kier molecular flexibility index (Phi) is 8.22. The summed E-state index contributed by atoms with van der Waals surface area (Å²) in [6.45, 7) is 0.287. The van der Waals surface area contributed by atoms with Gasteiger partial charge in [0.1, 0.15) is 17.1 Å². The maximum Gasteiger partial charge on any atom is 0.276 e. The van der Waals surface area contributed by atoms with Gasteiger partial charge >= 0.3 is 0 Å². The van der Waals surface area contributed by atoms with Crippen LogP contribution in [0.4, 0.5) is 5.13 Å². The van der Waals surface area contributed by atoms with E-state index < -0.39 is 29.2 Å². The smallest absolute Gasteiger partial charge is 0.276 e. The molecule has 36 heavy (non-hydrogen) atoms. The predicted molar refractivity (Wildman–Crippen MR) is 131 cm³/mol. The Morgan fingerprint density at radius 3 is 2.86 bits per heavy atom. The summed E-state index contributed by atoms with van der Waals surface area (Å²) >= 11 is 3.77. The molecule has 2 aromatic heterocycles. The monoisotopic (exact) mass is 548 g/mol. The molecule has 2 aromatic rings. The van der Waals surface area contributed by atoms with Crippen LogP contribution in [0.2, 0.25) is 0 Å². The van der Waals surface area contributed by atoms with Crippen molar-refractivity contribution < 1.29 is 33.7 Å². The number of hydrogen-bond acceptors (Lipinski definition) is 11. The van der Waals surface area contributed by atoms with E-state index in [9.17, 15) is 24.3 Å². The average Bonchev–Trinajstić information content (AvgIpc) is 3.33. The van der Waals surface area contributed by atoms with Gasteiger partial charge in [-0.1, -0.05) is 11.2 Å². The third-order valence-corrected chi connectivity index (χ3v) is 7.60. The van der Waals surface area contributed by atoms with E-state index in [2.05, 4.69) is 20.8 Å². The van der Waals surface area contributed by atoms with Gasteiger partial charge in [0, 0.05) is 28.8 Å². The highest BCUT2D eigenvalue weighted by Crippen LogP contribution is 2.40. The lowest BCUT2D eigenvalue weighted by atomic mass is 10.0. The number of thioether (sulfide) groups is 2. The Morgan fingerprint density at radius 1 is 1.39 bits per heavy atom. The Morgan fingerprint density at radius 2 is 2.17 bits per heavy atom. The van der Waals surface area contributed by atoms with Crippen LogP contribution in [-0.4, -0.2) is 69.2 Å². The summed E-state index contributed by atoms with van der Waals surface area (Å²) in [5.74, 6) is -2.22. The first-order valence-corrected chi connectivity index (χ1v) is 13.7. The molecule has 188 valence electrons. The molecular weight excluding hydrogens is 528 g/mol. The van der Waals surface area contributed by atoms with Crippen LogP contribution in [0.3, 0.4) is 0 Å². The summed E-state index contributed by atoms with van der Waals surface area (Å²) in [7, 11) is 0. The normalized spacial score (nSPS) is 19.3. The third kappa shape index (κ3) is 5.37. The molecule has 0 aromatic carbocycles. The highest BCUT2D eigenvalue weighted by atomic mass is 32.2. The van der Waals surface area contributed by atoms with Gasteiger partial charge in [0.25, 0.3) is 11.8 Å². The number of fused-ring (bicyclic) bond motifs is 1. The lowest BCUT2D eigenvalue weighted by molar-refractivity contribution is -0.689. The Balaban J connectivity index is 1.52. The van der Waals surface area contributed by atoms with Gasteiger partial charge in [-0.3, -0.25) is 19.3 Å². The van der Waals surface area contributed by atoms with Crippen LogP contribution >= 0.6 is 34.9 Å². The van der Waals surface area contributed by atoms with Gasteiger partial charge in [0.2, 0.25) is 6.41 Å². The number of β-lactam (4-membered cyclic amide) rings is 1. The van der Waals surface area contributed by atoms with Crippen molar-refractivity contribution in [2.24, 2.45) is 5.16 Å². The van der Waals surface area contributed by atoms with Crippen molar-refractivity contribution in [1.82, 2.24) is 15.2 Å². The average molecular weight is 549 g/mol. The van der Waals surface area contributed by atoms with Crippen molar-refractivity contribution >= 4 is 69.9 Å². The molecular formula is C21H20N6O6S3. The van der Waals surface area contributed by atoms with Crippen LogP contribution in [0, 0.1) is 0 Å². The van der Waals surface area contributed by atoms with E-state index in [1.54, 1.807) is 18.6 Å². The number of nitrogens with zero attached hydrogens (tertiary/aromatic N) is 4. The summed E-state index contributed by atoms with van der Waals surface area (Å²) < 4.78 is 1.81. The van der Waals surface area contributed by atoms with E-state index in [0.29, 0.717) is 17.7 Å². The molecule has 0 bridgehead atoms. The van der Waals surface area contributed by atoms with Crippen molar-refractivity contribution in [2.45, 2.75) is 18.0 Å². The van der Waals surface area contributed by atoms with E-state index in [-0.39, 0.29) is 34.7 Å². The third-order valence-electron chi connectivity index (χ3n) is 5.15. The number of hydrogen-bond donors (Lipinski definition) is 2. The minimum Gasteiger partial charge on any atom is -0.543 e. The predicted octanol–water partition coefficient (Wildman–Crippen LogP) is -0.856. The van der Waals surface area contributed by atoms with Crippen LogP contribution in [-0.2, 0) is 30.6 Å². The number of pyridine rings is 1. The molecule has 1 fully saturated rings. The molecule has 15 heteroatoms. The standard InChI is InChI=1S/C21H20N6O6S3/c1-34-11-33-25-14(13-9-36-21(23-13)22-10-28)17(29)24-15-18(30)27-16(20(31)32)12(8-35-19(15)27)7-26-5-3-2-4-6-26/h2-6,9-10,15,19H,7-8,11H2,1H3,(H2-,22,23,24,28,29,31,32)/t15?,19-/m0/s1. The molecule has 12 nitrogen and oxygen atoms in total. The molecule has 1 unspecified atom stereocenters. The van der Waals surface area contributed by atoms with E-state index in [1.807, 2.05) is 22.8 Å². The highest BCUT2D eigenvalue weighted by Gasteiger charge is 2.53. The molecule has 0 aliphatic carbocycles. The molecule has 2 aliphatic rings. The van der Waals surface area contributed by atoms with E-state index in [0.717, 1.165) is 16.2 Å². The summed E-state index contributed by atoms with van der Waals surface area (Å²) in [4.78, 5) is 59.1. The first kappa shape index (κ1) is 25.7. The second-order valence-corrected chi connectivity index (χ2v) is 10.2. The maximum absolute atomic E-state index is 13.1. The molecule has 0 spiro atoms. The number of rotatable bonds is 11. The molecule has 0 radical (unpaired) electrons. The summed E-state index contributed by atoms with van der Waals surface area (Å²) in [6, 6.07) is 4.51. The second kappa shape index (κ2) is 11.5. The van der Waals surface area contributed by atoms with E-state index >= 15 is 0 Å². The van der Waals surface area contributed by atoms with Gasteiger partial charge in [-0.2, -0.15) is 0 Å². The minimum absolute atomic E-state index is 0.153. The summed E-state index contributed by atoms with van der Waals surface area (Å²) in [6.07, 6.45) is 5.84. The molecule has 0 saturated carbocycles. The topological polar surface area (TPSA) is 157 Å². The summed E-state index contributed by atoms with van der Waals surface area (Å²) in [5, 5.41) is 22.0. The van der Waals surface area contributed by atoms with Crippen molar-refractivity contribution in [2.75, 3.05) is 23.3 Å². The number of carbonyl (C=O) groups is 4. The maximum atomic E-state index is 13.1. The van der Waals surface area contributed by atoms with Gasteiger partial charge in [-0.05, 0) is 6.26 Å². The molecule has 2 N–H and O–H groups in total. The first-order valence-electron chi connectivity index (χ1n) is 10.4. The number of thiazole rings is 1. The SMILES string of the molecule is CSCON=C(C(=O)NC1C(=O)N2C(C(=O)[O-])=C(C[n+]3ccccc3)CS[C@@H]12)c1csc(NC=O)n1. The van der Waals surface area contributed by atoms with Crippen molar-refractivity contribution in [3.05, 3.63) is 52.9 Å². The number of oxime groups is 1. The van der Waals surface area contributed by atoms with Crippen LogP contribution in [0.25, 0.3) is 0 Å². The Labute approximate surface area is 217 Å². The van der Waals surface area contributed by atoms with Crippen molar-refractivity contribution in [3.8, 4) is 0 Å². The minimum atomic E-state index is -1.45. The summed E-state index contributed by atoms with van der Waals surface area (Å²) in [5.41, 5.74) is 0.339. The lowest BCUT2D eigenvalue weighted by Crippen LogP contribution is -2.71. The highest BCUT2D eigenvalue weighted by molar-refractivity contribution is 8.00. The number of carboxylic acid groups (broad SMARTS) is 1. The zero-order chi connectivity index (χ0) is 25.7. The fraction of sp³-hybridized carbons (Fsp3) is 0.286. The number of amides is 3. The first-order chi connectivity index (χ1) is 17.4. The zero-order valence-corrected chi connectivity index (χ0v) is 21.2. The second-order valence-electron chi connectivity index (χ2n) is 7.42. The fourth-order valence-electron chi connectivity index (χ4n) is 3.61. The van der Waals surface area contributed by atoms with Gasteiger partial charge in [-0.25, -0.2) is 9.55 Å². The number of anilines is 1. The molecule has 1 saturated heterocycles. The fourth-order valence-corrected chi connectivity index (χ4v) is 5.76. The van der Waals surface area contributed by atoms with Gasteiger partial charge in [0.05, 0.1) is 11.7 Å². The van der Waals surface area contributed by atoms with Gasteiger partial charge in [0.15, 0.2) is 35.7 Å². The molecule has 4 rings (SSSR count). The Bertz CT molecular complexity index is 1230. The van der Waals surface area contributed by atoms with Crippen LogP contribution in [0.1, 0.15) is 5.69 Å². The Hall–Kier alpha value is -3.43. The molecule has 4 heterocycles. The van der Waals surface area contributed by atoms with Gasteiger partial charge in [-0.15, -0.1) is 34.9 Å². The number of carboxylic acids is 1. The van der Waals surface area contributed by atoms with Crippen molar-refractivity contribution in [1.29, 1.82) is 0 Å². The number of carbonyl (C=O) groups excluding carboxylic acids is 4. The van der Waals surface area contributed by atoms with Crippen LogP contribution < -0.4 is 20.3 Å². The molecule has 2 atom stereocenters. The number of aromatic nitrogens is 2.